The second kappa shape index (κ2) is 16.5. The zero-order chi connectivity index (χ0) is 29.7. The number of hydrogen-bond donors (Lipinski definition) is 3. The molecule has 5 rings (SSSR count). The molecule has 0 saturated carbocycles. The lowest BCUT2D eigenvalue weighted by atomic mass is 9.87. The number of aliphatic hydroxyl groups excluding tert-OH is 2. The van der Waals surface area contributed by atoms with Gasteiger partial charge < -0.3 is 34.5 Å². The molecule has 4 aromatic rings. The van der Waals surface area contributed by atoms with E-state index in [0.29, 0.717) is 39.0 Å². The second-order valence-electron chi connectivity index (χ2n) is 11.1. The molecule has 3 N–H and O–H groups in total. The maximum absolute atomic E-state index is 9.49. The van der Waals surface area contributed by atoms with E-state index in [9.17, 15) is 5.11 Å². The van der Waals surface area contributed by atoms with Gasteiger partial charge in [0.25, 0.3) is 0 Å². The summed E-state index contributed by atoms with van der Waals surface area (Å²) < 4.78 is 23.7. The number of hydrogen-bond acceptors (Lipinski definition) is 7. The highest BCUT2D eigenvalue weighted by atomic mass is 16.5. The van der Waals surface area contributed by atoms with Crippen LogP contribution in [0.1, 0.15) is 41.0 Å². The fraction of sp³-hybridized carbons (Fsp3) is 0.389. The van der Waals surface area contributed by atoms with Gasteiger partial charge >= 0.3 is 0 Å². The van der Waals surface area contributed by atoms with Crippen molar-refractivity contribution in [1.82, 2.24) is 5.32 Å². The minimum Gasteiger partial charge on any atom is -0.494 e. The average Bonchev–Trinajstić information content (AvgIpc) is 3.06. The number of benzene rings is 4. The Morgan fingerprint density at radius 1 is 0.767 bits per heavy atom. The summed E-state index contributed by atoms with van der Waals surface area (Å²) in [5, 5.41) is 24.2. The van der Waals surface area contributed by atoms with Crippen LogP contribution in [0.3, 0.4) is 0 Å². The van der Waals surface area contributed by atoms with Crippen LogP contribution in [0.25, 0.3) is 10.8 Å². The largest absolute Gasteiger partial charge is 0.494 e. The van der Waals surface area contributed by atoms with Gasteiger partial charge in [-0.15, -0.1) is 0 Å². The topological polar surface area (TPSA) is 89.4 Å². The van der Waals surface area contributed by atoms with Gasteiger partial charge in [-0.05, 0) is 70.3 Å². The Kier molecular flexibility index (Phi) is 12.0. The Morgan fingerprint density at radius 2 is 1.51 bits per heavy atom. The molecule has 7 heteroatoms. The van der Waals surface area contributed by atoms with Crippen molar-refractivity contribution in [3.05, 3.63) is 113 Å². The highest BCUT2D eigenvalue weighted by Crippen LogP contribution is 2.30. The molecule has 1 aliphatic heterocycles. The SMILES string of the molecule is OCC(O)COCc1ccc2ccc(CO[C@H]3CNCC[C@@H]3c3ccc(OCCCOCc4ccccc4)cc3)cc2c1. The van der Waals surface area contributed by atoms with E-state index in [1.54, 1.807) is 0 Å². The minimum absolute atomic E-state index is 0.0793. The van der Waals surface area contributed by atoms with Crippen molar-refractivity contribution in [3.63, 3.8) is 0 Å². The zero-order valence-electron chi connectivity index (χ0n) is 24.7. The molecule has 1 unspecified atom stereocenters. The highest BCUT2D eigenvalue weighted by molar-refractivity contribution is 5.83. The predicted molar refractivity (Wildman–Crippen MR) is 168 cm³/mol. The molecular formula is C36H43NO6. The Morgan fingerprint density at radius 3 is 2.28 bits per heavy atom. The third-order valence-electron chi connectivity index (χ3n) is 7.77. The van der Waals surface area contributed by atoms with Crippen LogP contribution in [0.2, 0.25) is 0 Å². The van der Waals surface area contributed by atoms with E-state index in [1.165, 1.54) is 11.1 Å². The summed E-state index contributed by atoms with van der Waals surface area (Å²) in [5.41, 5.74) is 4.61. The molecule has 1 heterocycles. The maximum Gasteiger partial charge on any atom is 0.119 e. The van der Waals surface area contributed by atoms with Gasteiger partial charge in [0.1, 0.15) is 11.9 Å². The van der Waals surface area contributed by atoms with Gasteiger partial charge in [0.05, 0.1) is 52.4 Å². The van der Waals surface area contributed by atoms with E-state index in [-0.39, 0.29) is 19.3 Å². The third-order valence-corrected chi connectivity index (χ3v) is 7.77. The standard InChI is InChI=1S/C36H43NO6/c38-22-33(39)26-41-24-28-7-9-30-10-8-29(20-32(30)19-28)25-43-36-21-37-16-15-35(36)31-11-13-34(14-12-31)42-18-4-17-40-23-27-5-2-1-3-6-27/h1-3,5-14,19-20,33,35-39H,4,15-18,21-26H2/t33?,35-,36+/m1/s1. The monoisotopic (exact) mass is 585 g/mol. The molecule has 43 heavy (non-hydrogen) atoms. The molecule has 0 amide bonds. The van der Waals surface area contributed by atoms with Gasteiger partial charge in [0, 0.05) is 18.9 Å². The first-order valence-electron chi connectivity index (χ1n) is 15.2. The number of aliphatic hydroxyl groups is 2. The lowest BCUT2D eigenvalue weighted by Crippen LogP contribution is -2.40. The van der Waals surface area contributed by atoms with E-state index in [4.69, 9.17) is 24.1 Å². The molecule has 4 aromatic carbocycles. The van der Waals surface area contributed by atoms with Crippen molar-refractivity contribution < 1.29 is 29.2 Å². The van der Waals surface area contributed by atoms with Crippen molar-refractivity contribution in [2.45, 2.75) is 50.8 Å². The van der Waals surface area contributed by atoms with E-state index < -0.39 is 6.10 Å². The van der Waals surface area contributed by atoms with E-state index in [0.717, 1.165) is 53.6 Å². The quantitative estimate of drug-likeness (QED) is 0.153. The summed E-state index contributed by atoms with van der Waals surface area (Å²) in [6, 6.07) is 31.3. The fourth-order valence-electron chi connectivity index (χ4n) is 5.41. The third kappa shape index (κ3) is 9.60. The first-order valence-corrected chi connectivity index (χ1v) is 15.2. The normalized spacial score (nSPS) is 17.6. The molecule has 0 aliphatic carbocycles. The van der Waals surface area contributed by atoms with Gasteiger partial charge in [-0.3, -0.25) is 0 Å². The number of ether oxygens (including phenoxy) is 4. The number of fused-ring (bicyclic) bond motifs is 1. The van der Waals surface area contributed by atoms with Crippen LogP contribution < -0.4 is 10.1 Å². The first kappa shape index (κ1) is 31.1. The van der Waals surface area contributed by atoms with E-state index in [1.807, 2.05) is 24.3 Å². The van der Waals surface area contributed by atoms with Crippen LogP contribution in [-0.4, -0.2) is 61.9 Å². The molecule has 1 saturated heterocycles. The second-order valence-corrected chi connectivity index (χ2v) is 11.1. The maximum atomic E-state index is 9.49. The summed E-state index contributed by atoms with van der Waals surface area (Å²) in [5.74, 6) is 1.20. The van der Waals surface area contributed by atoms with Crippen LogP contribution >= 0.6 is 0 Å². The lowest BCUT2D eigenvalue weighted by molar-refractivity contribution is 0.0000489. The van der Waals surface area contributed by atoms with Crippen LogP contribution in [0.4, 0.5) is 0 Å². The Hall–Kier alpha value is -3.30. The van der Waals surface area contributed by atoms with Gasteiger partial charge in [-0.1, -0.05) is 66.7 Å². The van der Waals surface area contributed by atoms with E-state index >= 15 is 0 Å². The van der Waals surface area contributed by atoms with Crippen molar-refractivity contribution in [3.8, 4) is 5.75 Å². The smallest absolute Gasteiger partial charge is 0.119 e. The Balaban J connectivity index is 1.09. The molecule has 0 aromatic heterocycles. The lowest BCUT2D eigenvalue weighted by Gasteiger charge is -2.32. The van der Waals surface area contributed by atoms with Crippen LogP contribution in [0.15, 0.2) is 91.0 Å². The average molecular weight is 586 g/mol. The molecular weight excluding hydrogens is 542 g/mol. The number of piperidine rings is 1. The Labute approximate surface area is 254 Å². The number of rotatable bonds is 16. The summed E-state index contributed by atoms with van der Waals surface area (Å²) >= 11 is 0. The molecule has 0 bridgehead atoms. The van der Waals surface area contributed by atoms with Gasteiger partial charge in [0.2, 0.25) is 0 Å². The van der Waals surface area contributed by atoms with Gasteiger partial charge in [0.15, 0.2) is 0 Å². The molecule has 1 aliphatic rings. The van der Waals surface area contributed by atoms with Crippen molar-refractivity contribution in [2.75, 3.05) is 39.5 Å². The summed E-state index contributed by atoms with van der Waals surface area (Å²) in [6.07, 6.45) is 1.10. The van der Waals surface area contributed by atoms with Crippen LogP contribution in [-0.2, 0) is 34.0 Å². The molecule has 228 valence electrons. The summed E-state index contributed by atoms with van der Waals surface area (Å²) in [7, 11) is 0. The first-order chi connectivity index (χ1) is 21.2. The molecule has 0 spiro atoms. The van der Waals surface area contributed by atoms with Gasteiger partial charge in [-0.25, -0.2) is 0 Å². The molecule has 1 fully saturated rings. The van der Waals surface area contributed by atoms with Gasteiger partial charge in [-0.2, -0.15) is 0 Å². The predicted octanol–water partition coefficient (Wildman–Crippen LogP) is 5.36. The summed E-state index contributed by atoms with van der Waals surface area (Å²) in [4.78, 5) is 0. The molecule has 3 atom stereocenters. The van der Waals surface area contributed by atoms with Crippen molar-refractivity contribution in [2.24, 2.45) is 0 Å². The van der Waals surface area contributed by atoms with Crippen LogP contribution in [0.5, 0.6) is 5.75 Å². The number of nitrogens with one attached hydrogen (secondary N) is 1. The molecule has 0 radical (unpaired) electrons. The van der Waals surface area contributed by atoms with Crippen molar-refractivity contribution in [1.29, 1.82) is 0 Å². The highest BCUT2D eigenvalue weighted by Gasteiger charge is 2.27. The van der Waals surface area contributed by atoms with Crippen LogP contribution in [0, 0.1) is 0 Å². The minimum atomic E-state index is -0.852. The molecule has 7 nitrogen and oxygen atoms in total. The fourth-order valence-corrected chi connectivity index (χ4v) is 5.41. The zero-order valence-corrected chi connectivity index (χ0v) is 24.7. The summed E-state index contributed by atoms with van der Waals surface area (Å²) in [6.45, 7) is 4.45. The Bertz CT molecular complexity index is 1380. The van der Waals surface area contributed by atoms with E-state index in [2.05, 4.69) is 72.0 Å². The van der Waals surface area contributed by atoms with Crippen molar-refractivity contribution >= 4 is 10.8 Å².